The summed E-state index contributed by atoms with van der Waals surface area (Å²) in [5, 5.41) is 0. The van der Waals surface area contributed by atoms with Crippen LogP contribution in [0.15, 0.2) is 24.3 Å². The fourth-order valence-electron chi connectivity index (χ4n) is 2.60. The molecule has 2 N–H and O–H groups in total. The summed E-state index contributed by atoms with van der Waals surface area (Å²) in [5.41, 5.74) is 8.35. The van der Waals surface area contributed by atoms with Crippen molar-refractivity contribution in [2.45, 2.75) is 38.5 Å². The molecule has 0 saturated heterocycles. The van der Waals surface area contributed by atoms with Gasteiger partial charge in [-0.2, -0.15) is 0 Å². The van der Waals surface area contributed by atoms with E-state index in [9.17, 15) is 0 Å². The van der Waals surface area contributed by atoms with Gasteiger partial charge in [0.1, 0.15) is 0 Å². The van der Waals surface area contributed by atoms with Gasteiger partial charge in [0.25, 0.3) is 0 Å². The van der Waals surface area contributed by atoms with Crippen LogP contribution >= 0.6 is 0 Å². The van der Waals surface area contributed by atoms with Crippen molar-refractivity contribution < 1.29 is 0 Å². The van der Waals surface area contributed by atoms with Crippen molar-refractivity contribution in [1.29, 1.82) is 0 Å². The second-order valence-corrected chi connectivity index (χ2v) is 4.60. The number of anilines is 1. The van der Waals surface area contributed by atoms with Gasteiger partial charge in [-0.1, -0.05) is 38.0 Å². The number of nitrogen functional groups attached to an aromatic ring is 1. The Hall–Kier alpha value is -0.980. The molecule has 1 aliphatic rings. The Morgan fingerprint density at radius 3 is 2.71 bits per heavy atom. The van der Waals surface area contributed by atoms with Crippen molar-refractivity contribution in [2.24, 2.45) is 5.92 Å². The summed E-state index contributed by atoms with van der Waals surface area (Å²) < 4.78 is 0. The van der Waals surface area contributed by atoms with Gasteiger partial charge in [-0.25, -0.2) is 0 Å². The molecule has 1 saturated carbocycles. The van der Waals surface area contributed by atoms with E-state index in [2.05, 4.69) is 19.1 Å². The summed E-state index contributed by atoms with van der Waals surface area (Å²) in [7, 11) is 0. The number of para-hydroxylation sites is 1. The van der Waals surface area contributed by atoms with Gasteiger partial charge in [0, 0.05) is 5.69 Å². The van der Waals surface area contributed by atoms with Crippen molar-refractivity contribution in [2.75, 3.05) is 5.73 Å². The van der Waals surface area contributed by atoms with Crippen LogP contribution in [0.5, 0.6) is 0 Å². The van der Waals surface area contributed by atoms with Gasteiger partial charge in [0.15, 0.2) is 0 Å². The molecule has 0 amide bonds. The first-order valence-corrected chi connectivity index (χ1v) is 5.62. The van der Waals surface area contributed by atoms with E-state index in [0.29, 0.717) is 5.92 Å². The molecule has 0 aliphatic heterocycles. The molecule has 1 nitrogen and oxygen atoms in total. The van der Waals surface area contributed by atoms with Crippen LogP contribution in [0.2, 0.25) is 0 Å². The molecule has 1 fully saturated rings. The maximum absolute atomic E-state index is 6.00. The van der Waals surface area contributed by atoms with Crippen LogP contribution in [0.4, 0.5) is 5.69 Å². The Balaban J connectivity index is 2.18. The van der Waals surface area contributed by atoms with Gasteiger partial charge in [-0.3, -0.25) is 0 Å². The number of hydrogen-bond donors (Lipinski definition) is 1. The van der Waals surface area contributed by atoms with Gasteiger partial charge in [0.05, 0.1) is 0 Å². The molecule has 1 aromatic carbocycles. The van der Waals surface area contributed by atoms with Crippen molar-refractivity contribution >= 4 is 5.69 Å². The molecule has 0 heterocycles. The fraction of sp³-hybridized carbons (Fsp3) is 0.538. The summed E-state index contributed by atoms with van der Waals surface area (Å²) in [6, 6.07) is 8.34. The Morgan fingerprint density at radius 1 is 1.21 bits per heavy atom. The van der Waals surface area contributed by atoms with E-state index in [1.165, 1.54) is 31.2 Å². The van der Waals surface area contributed by atoms with E-state index in [1.807, 2.05) is 12.1 Å². The second kappa shape index (κ2) is 4.04. The van der Waals surface area contributed by atoms with Crippen LogP contribution in [0.3, 0.4) is 0 Å². The number of rotatable bonds is 1. The molecular weight excluding hydrogens is 170 g/mol. The number of benzene rings is 1. The molecule has 0 bridgehead atoms. The van der Waals surface area contributed by atoms with E-state index >= 15 is 0 Å². The topological polar surface area (TPSA) is 26.0 Å². The fourth-order valence-corrected chi connectivity index (χ4v) is 2.60. The van der Waals surface area contributed by atoms with E-state index in [4.69, 9.17) is 5.73 Å². The minimum atomic E-state index is 0.708. The minimum Gasteiger partial charge on any atom is -0.398 e. The zero-order valence-electron chi connectivity index (χ0n) is 8.87. The van der Waals surface area contributed by atoms with Crippen molar-refractivity contribution in [1.82, 2.24) is 0 Å². The van der Waals surface area contributed by atoms with Crippen LogP contribution in [0.25, 0.3) is 0 Å². The van der Waals surface area contributed by atoms with E-state index in [-0.39, 0.29) is 0 Å². The third kappa shape index (κ3) is 1.92. The normalized spacial score (nSPS) is 27.5. The lowest BCUT2D eigenvalue weighted by Crippen LogP contribution is -2.12. The molecule has 2 atom stereocenters. The summed E-state index contributed by atoms with van der Waals surface area (Å²) in [6.45, 7) is 2.35. The lowest BCUT2D eigenvalue weighted by molar-refractivity contribution is 0.344. The Bertz CT molecular complexity index is 306. The van der Waals surface area contributed by atoms with E-state index in [0.717, 1.165) is 11.6 Å². The molecule has 76 valence electrons. The molecule has 2 rings (SSSR count). The lowest BCUT2D eigenvalue weighted by atomic mass is 9.78. The molecule has 0 aromatic heterocycles. The van der Waals surface area contributed by atoms with E-state index < -0.39 is 0 Å². The standard InChI is InChI=1S/C13H19N/c1-10-5-4-6-11(9-10)12-7-2-3-8-13(12)14/h2-3,7-8,10-11H,4-6,9,14H2,1H3/t10-,11+/m1/s1. The van der Waals surface area contributed by atoms with Crippen molar-refractivity contribution in [3.63, 3.8) is 0 Å². The van der Waals surface area contributed by atoms with Crippen LogP contribution < -0.4 is 5.73 Å². The van der Waals surface area contributed by atoms with Gasteiger partial charge in [-0.15, -0.1) is 0 Å². The SMILES string of the molecule is C[C@@H]1CCC[C@H](c2ccccc2N)C1. The molecule has 1 aliphatic carbocycles. The first kappa shape index (κ1) is 9.57. The van der Waals surface area contributed by atoms with Gasteiger partial charge < -0.3 is 5.73 Å². The molecule has 1 heteroatoms. The lowest BCUT2D eigenvalue weighted by Gasteiger charge is -2.27. The monoisotopic (exact) mass is 189 g/mol. The zero-order chi connectivity index (χ0) is 9.97. The van der Waals surface area contributed by atoms with Gasteiger partial charge >= 0.3 is 0 Å². The predicted octanol–water partition coefficient (Wildman–Crippen LogP) is 3.56. The maximum atomic E-state index is 6.00. The van der Waals surface area contributed by atoms with Crippen LogP contribution in [-0.2, 0) is 0 Å². The van der Waals surface area contributed by atoms with Crippen LogP contribution in [-0.4, -0.2) is 0 Å². The highest BCUT2D eigenvalue weighted by molar-refractivity contribution is 5.48. The molecule has 1 aromatic rings. The average Bonchev–Trinajstić information content (AvgIpc) is 2.18. The maximum Gasteiger partial charge on any atom is 0.0349 e. The van der Waals surface area contributed by atoms with Crippen LogP contribution in [0, 0.1) is 5.92 Å². The first-order valence-electron chi connectivity index (χ1n) is 5.62. The first-order chi connectivity index (χ1) is 6.77. The summed E-state index contributed by atoms with van der Waals surface area (Å²) in [5.74, 6) is 1.58. The third-order valence-electron chi connectivity index (χ3n) is 3.37. The third-order valence-corrected chi connectivity index (χ3v) is 3.37. The zero-order valence-corrected chi connectivity index (χ0v) is 8.87. The Kier molecular flexibility index (Phi) is 2.76. The highest BCUT2D eigenvalue weighted by Crippen LogP contribution is 2.37. The highest BCUT2D eigenvalue weighted by Gasteiger charge is 2.21. The Morgan fingerprint density at radius 2 is 2.00 bits per heavy atom. The quantitative estimate of drug-likeness (QED) is 0.672. The van der Waals surface area contributed by atoms with Crippen molar-refractivity contribution in [3.8, 4) is 0 Å². The Labute approximate surface area is 86.3 Å². The largest absolute Gasteiger partial charge is 0.398 e. The summed E-state index contributed by atoms with van der Waals surface area (Å²) in [4.78, 5) is 0. The van der Waals surface area contributed by atoms with Gasteiger partial charge in [-0.05, 0) is 36.3 Å². The number of nitrogens with two attached hydrogens (primary N) is 1. The minimum absolute atomic E-state index is 0.708. The molecule has 14 heavy (non-hydrogen) atoms. The molecule has 0 unspecified atom stereocenters. The summed E-state index contributed by atoms with van der Waals surface area (Å²) >= 11 is 0. The summed E-state index contributed by atoms with van der Waals surface area (Å²) in [6.07, 6.45) is 5.39. The second-order valence-electron chi connectivity index (χ2n) is 4.60. The molecule has 0 spiro atoms. The van der Waals surface area contributed by atoms with E-state index in [1.54, 1.807) is 0 Å². The highest BCUT2D eigenvalue weighted by atomic mass is 14.6. The van der Waals surface area contributed by atoms with Gasteiger partial charge in [0.2, 0.25) is 0 Å². The smallest absolute Gasteiger partial charge is 0.0349 e. The van der Waals surface area contributed by atoms with Crippen molar-refractivity contribution in [3.05, 3.63) is 29.8 Å². The molecule has 0 radical (unpaired) electrons. The average molecular weight is 189 g/mol. The number of hydrogen-bond acceptors (Lipinski definition) is 1. The van der Waals surface area contributed by atoms with Crippen LogP contribution in [0.1, 0.15) is 44.1 Å². The molecular formula is C13H19N. The predicted molar refractivity (Wildman–Crippen MR) is 61.2 cm³/mol.